The fraction of sp³-hybridized carbons (Fsp3) is 0.533. The Kier molecular flexibility index (Phi) is 4.39. The molecule has 1 saturated carbocycles. The van der Waals surface area contributed by atoms with E-state index in [0.29, 0.717) is 6.42 Å². The molecule has 0 saturated heterocycles. The molecule has 21 heavy (non-hydrogen) atoms. The van der Waals surface area contributed by atoms with Gasteiger partial charge >= 0.3 is 0 Å². The molecule has 1 amide bonds. The lowest BCUT2D eigenvalue weighted by atomic mass is 9.75. The van der Waals surface area contributed by atoms with Crippen molar-refractivity contribution in [2.45, 2.75) is 49.1 Å². The first-order valence-corrected chi connectivity index (χ1v) is 8.97. The second kappa shape index (κ2) is 5.77. The van der Waals surface area contributed by atoms with Gasteiger partial charge in [-0.1, -0.05) is 12.1 Å². The molecule has 1 unspecified atom stereocenters. The SMILES string of the molecule is CC(NC(=O)CC1(N)CCC1)c1ccc(S(C)(=O)=O)cc1. The average molecular weight is 310 g/mol. The van der Waals surface area contributed by atoms with Gasteiger partial charge in [-0.25, -0.2) is 8.42 Å². The van der Waals surface area contributed by atoms with Crippen LogP contribution < -0.4 is 11.1 Å². The fourth-order valence-electron chi connectivity index (χ4n) is 2.51. The Labute approximate surface area is 125 Å². The maximum Gasteiger partial charge on any atom is 0.222 e. The molecule has 6 heteroatoms. The molecule has 1 aliphatic carbocycles. The van der Waals surface area contributed by atoms with Crippen LogP contribution >= 0.6 is 0 Å². The largest absolute Gasteiger partial charge is 0.350 e. The van der Waals surface area contributed by atoms with Gasteiger partial charge in [0, 0.05) is 18.2 Å². The summed E-state index contributed by atoms with van der Waals surface area (Å²) < 4.78 is 22.8. The van der Waals surface area contributed by atoms with Crippen molar-refractivity contribution >= 4 is 15.7 Å². The van der Waals surface area contributed by atoms with Gasteiger partial charge in [0.1, 0.15) is 0 Å². The van der Waals surface area contributed by atoms with Crippen LogP contribution in [-0.4, -0.2) is 26.1 Å². The van der Waals surface area contributed by atoms with E-state index in [1.165, 1.54) is 6.26 Å². The second-order valence-corrected chi connectivity index (χ2v) is 8.04. The molecule has 116 valence electrons. The number of nitrogens with two attached hydrogens (primary N) is 1. The van der Waals surface area contributed by atoms with Crippen molar-refractivity contribution < 1.29 is 13.2 Å². The topological polar surface area (TPSA) is 89.3 Å². The number of benzene rings is 1. The second-order valence-electron chi connectivity index (χ2n) is 6.02. The quantitative estimate of drug-likeness (QED) is 0.863. The number of nitrogens with one attached hydrogen (secondary N) is 1. The third-order valence-corrected chi connectivity index (χ3v) is 5.18. The van der Waals surface area contributed by atoms with Crippen molar-refractivity contribution in [1.29, 1.82) is 0 Å². The van der Waals surface area contributed by atoms with Gasteiger partial charge in [0.2, 0.25) is 5.91 Å². The van der Waals surface area contributed by atoms with Gasteiger partial charge in [-0.15, -0.1) is 0 Å². The van der Waals surface area contributed by atoms with Gasteiger partial charge < -0.3 is 11.1 Å². The average Bonchev–Trinajstić information content (AvgIpc) is 2.35. The predicted molar refractivity (Wildman–Crippen MR) is 81.5 cm³/mol. The third kappa shape index (κ3) is 4.04. The van der Waals surface area contributed by atoms with E-state index in [4.69, 9.17) is 5.73 Å². The van der Waals surface area contributed by atoms with Gasteiger partial charge in [0.25, 0.3) is 0 Å². The van der Waals surface area contributed by atoms with E-state index in [-0.39, 0.29) is 22.4 Å². The molecule has 1 aromatic rings. The van der Waals surface area contributed by atoms with E-state index in [1.54, 1.807) is 24.3 Å². The fourth-order valence-corrected chi connectivity index (χ4v) is 3.14. The molecule has 0 aliphatic heterocycles. The van der Waals surface area contributed by atoms with Crippen LogP contribution in [0.4, 0.5) is 0 Å². The number of carbonyl (C=O) groups is 1. The molecule has 0 bridgehead atoms. The van der Waals surface area contributed by atoms with Crippen molar-refractivity contribution in [3.05, 3.63) is 29.8 Å². The molecule has 0 heterocycles. The van der Waals surface area contributed by atoms with E-state index < -0.39 is 9.84 Å². The van der Waals surface area contributed by atoms with Gasteiger partial charge in [-0.2, -0.15) is 0 Å². The molecule has 1 aliphatic rings. The summed E-state index contributed by atoms with van der Waals surface area (Å²) in [5, 5.41) is 2.91. The lowest BCUT2D eigenvalue weighted by molar-refractivity contribution is -0.123. The highest BCUT2D eigenvalue weighted by Crippen LogP contribution is 2.32. The zero-order chi connectivity index (χ0) is 15.7. The van der Waals surface area contributed by atoms with Gasteiger partial charge in [0.05, 0.1) is 10.9 Å². The van der Waals surface area contributed by atoms with Crippen LogP contribution in [0.3, 0.4) is 0 Å². The van der Waals surface area contributed by atoms with Crippen molar-refractivity contribution in [1.82, 2.24) is 5.32 Å². The van der Waals surface area contributed by atoms with Crippen LogP contribution in [0.15, 0.2) is 29.2 Å². The van der Waals surface area contributed by atoms with Crippen LogP contribution in [0.5, 0.6) is 0 Å². The number of amides is 1. The van der Waals surface area contributed by atoms with Crippen LogP contribution in [-0.2, 0) is 14.6 Å². The zero-order valence-electron chi connectivity index (χ0n) is 12.4. The molecule has 1 aromatic carbocycles. The van der Waals surface area contributed by atoms with Crippen molar-refractivity contribution in [2.75, 3.05) is 6.26 Å². The number of hydrogen-bond donors (Lipinski definition) is 2. The first kappa shape index (κ1) is 16.0. The molecule has 2 rings (SSSR count). The first-order chi connectivity index (χ1) is 9.70. The molecule has 3 N–H and O–H groups in total. The number of hydrogen-bond acceptors (Lipinski definition) is 4. The third-order valence-electron chi connectivity index (χ3n) is 4.05. The Hall–Kier alpha value is -1.40. The molecular weight excluding hydrogens is 288 g/mol. The number of sulfone groups is 1. The highest BCUT2D eigenvalue weighted by Gasteiger charge is 2.34. The summed E-state index contributed by atoms with van der Waals surface area (Å²) in [6.07, 6.45) is 4.41. The Morgan fingerprint density at radius 2 is 1.90 bits per heavy atom. The van der Waals surface area contributed by atoms with Crippen molar-refractivity contribution in [3.8, 4) is 0 Å². The van der Waals surface area contributed by atoms with Crippen molar-refractivity contribution in [2.24, 2.45) is 5.73 Å². The Morgan fingerprint density at radius 1 is 1.33 bits per heavy atom. The van der Waals surface area contributed by atoms with E-state index in [0.717, 1.165) is 24.8 Å². The lowest BCUT2D eigenvalue weighted by Crippen LogP contribution is -2.50. The van der Waals surface area contributed by atoms with Crippen LogP contribution in [0, 0.1) is 0 Å². The zero-order valence-corrected chi connectivity index (χ0v) is 13.2. The molecule has 5 nitrogen and oxygen atoms in total. The summed E-state index contributed by atoms with van der Waals surface area (Å²) in [6, 6.07) is 6.40. The summed E-state index contributed by atoms with van der Waals surface area (Å²) in [4.78, 5) is 12.3. The highest BCUT2D eigenvalue weighted by molar-refractivity contribution is 7.90. The standard InChI is InChI=1S/C15H22N2O3S/c1-11(17-14(18)10-15(16)8-3-9-15)12-4-6-13(7-5-12)21(2,19)20/h4-7,11H,3,8-10,16H2,1-2H3,(H,17,18). The summed E-state index contributed by atoms with van der Waals surface area (Å²) >= 11 is 0. The van der Waals surface area contributed by atoms with Crippen molar-refractivity contribution in [3.63, 3.8) is 0 Å². The predicted octanol–water partition coefficient (Wildman–Crippen LogP) is 1.54. The normalized spacial score (nSPS) is 18.6. The van der Waals surface area contributed by atoms with Crippen LogP contribution in [0.2, 0.25) is 0 Å². The van der Waals surface area contributed by atoms with E-state index >= 15 is 0 Å². The first-order valence-electron chi connectivity index (χ1n) is 7.08. The monoisotopic (exact) mass is 310 g/mol. The minimum Gasteiger partial charge on any atom is -0.350 e. The summed E-state index contributed by atoms with van der Waals surface area (Å²) in [7, 11) is -3.19. The number of rotatable bonds is 5. The maximum atomic E-state index is 12.0. The minimum absolute atomic E-state index is 0.0584. The van der Waals surface area contributed by atoms with E-state index in [1.807, 2.05) is 6.92 Å². The molecular formula is C15H22N2O3S. The van der Waals surface area contributed by atoms with Gasteiger partial charge in [-0.3, -0.25) is 4.79 Å². The Morgan fingerprint density at radius 3 is 2.33 bits per heavy atom. The highest BCUT2D eigenvalue weighted by atomic mass is 32.2. The molecule has 0 aromatic heterocycles. The maximum absolute atomic E-state index is 12.0. The minimum atomic E-state index is -3.19. The smallest absolute Gasteiger partial charge is 0.222 e. The van der Waals surface area contributed by atoms with Crippen LogP contribution in [0.1, 0.15) is 44.2 Å². The number of carbonyl (C=O) groups excluding carboxylic acids is 1. The lowest BCUT2D eigenvalue weighted by Gasteiger charge is -2.37. The van der Waals surface area contributed by atoms with E-state index in [2.05, 4.69) is 5.32 Å². The van der Waals surface area contributed by atoms with Crippen LogP contribution in [0.25, 0.3) is 0 Å². The molecule has 1 atom stereocenters. The molecule has 0 radical (unpaired) electrons. The Balaban J connectivity index is 1.96. The molecule has 1 fully saturated rings. The Bertz CT molecular complexity index is 619. The van der Waals surface area contributed by atoms with Gasteiger partial charge in [0.15, 0.2) is 9.84 Å². The van der Waals surface area contributed by atoms with E-state index in [9.17, 15) is 13.2 Å². The summed E-state index contributed by atoms with van der Waals surface area (Å²) in [6.45, 7) is 1.87. The summed E-state index contributed by atoms with van der Waals surface area (Å²) in [5.74, 6) is -0.0584. The van der Waals surface area contributed by atoms with Gasteiger partial charge in [-0.05, 0) is 43.9 Å². The molecule has 0 spiro atoms. The summed E-state index contributed by atoms with van der Waals surface area (Å²) in [5.41, 5.74) is 6.60.